The predicted molar refractivity (Wildman–Crippen MR) is 155 cm³/mol. The van der Waals surface area contributed by atoms with E-state index in [9.17, 15) is 40.7 Å². The molecular formula is C31H36F6N2O7. The van der Waals surface area contributed by atoms with Crippen LogP contribution in [0.15, 0.2) is 86.0 Å². The summed E-state index contributed by atoms with van der Waals surface area (Å²) in [6.07, 6.45) is -11.1. The van der Waals surface area contributed by atoms with Gasteiger partial charge in [0, 0.05) is 12.8 Å². The fraction of sp³-hybridized carbons (Fsp3) is 0.387. The molecule has 46 heavy (non-hydrogen) atoms. The summed E-state index contributed by atoms with van der Waals surface area (Å²) in [5, 5.41) is 8.88. The molecule has 0 aromatic heterocycles. The summed E-state index contributed by atoms with van der Waals surface area (Å²) in [5.74, 6) is -3.66. The maximum atomic E-state index is 13.7. The molecule has 2 rings (SSSR count). The number of amides is 2. The molecule has 0 aliphatic rings. The number of nitrogens with one attached hydrogen (secondary N) is 2. The van der Waals surface area contributed by atoms with Crippen molar-refractivity contribution in [1.29, 1.82) is 0 Å². The molecule has 9 nitrogen and oxygen atoms in total. The Hall–Kier alpha value is -4.37. The summed E-state index contributed by atoms with van der Waals surface area (Å²) >= 11 is 0. The molecule has 0 aliphatic heterocycles. The Labute approximate surface area is 262 Å². The molecule has 0 radical (unpaired) electrons. The van der Waals surface area contributed by atoms with E-state index in [2.05, 4.69) is 17.9 Å². The van der Waals surface area contributed by atoms with Gasteiger partial charge in [-0.15, -0.1) is 13.2 Å². The van der Waals surface area contributed by atoms with Crippen LogP contribution in [0.2, 0.25) is 0 Å². The van der Waals surface area contributed by atoms with Crippen LogP contribution in [0.5, 0.6) is 0 Å². The van der Waals surface area contributed by atoms with Gasteiger partial charge in [0.15, 0.2) is 0 Å². The number of carboxylic acids is 1. The number of carboxylic acid groups (broad SMARTS) is 1. The van der Waals surface area contributed by atoms with Crippen molar-refractivity contribution in [2.24, 2.45) is 0 Å². The van der Waals surface area contributed by atoms with Gasteiger partial charge in [-0.2, -0.15) is 26.3 Å². The second-order valence-electron chi connectivity index (χ2n) is 10.6. The molecule has 0 saturated heterocycles. The number of hydrazine groups is 1. The van der Waals surface area contributed by atoms with Crippen molar-refractivity contribution in [3.63, 3.8) is 0 Å². The van der Waals surface area contributed by atoms with E-state index in [1.807, 2.05) is 0 Å². The van der Waals surface area contributed by atoms with E-state index in [-0.39, 0.29) is 0 Å². The van der Waals surface area contributed by atoms with Gasteiger partial charge in [-0.25, -0.2) is 15.0 Å². The first-order valence-electron chi connectivity index (χ1n) is 13.5. The molecule has 2 atom stereocenters. The first-order chi connectivity index (χ1) is 21.2. The van der Waals surface area contributed by atoms with Crippen molar-refractivity contribution in [1.82, 2.24) is 10.9 Å². The lowest BCUT2D eigenvalue weighted by atomic mass is 9.97. The van der Waals surface area contributed by atoms with Crippen molar-refractivity contribution in [2.75, 3.05) is 0 Å². The number of carbonyl (C=O) groups excluding carboxylic acids is 2. The maximum Gasteiger partial charge on any atom is 0.428 e. The molecule has 0 saturated carbocycles. The van der Waals surface area contributed by atoms with Gasteiger partial charge in [-0.1, -0.05) is 72.8 Å². The van der Waals surface area contributed by atoms with Gasteiger partial charge in [0.05, 0.1) is 13.2 Å². The summed E-state index contributed by atoms with van der Waals surface area (Å²) in [6.45, 7) is 10.2. The Bertz CT molecular complexity index is 1300. The lowest BCUT2D eigenvalue weighted by Gasteiger charge is -2.33. The van der Waals surface area contributed by atoms with E-state index >= 15 is 0 Å². The van der Waals surface area contributed by atoms with Crippen molar-refractivity contribution >= 4 is 18.0 Å². The zero-order valence-electron chi connectivity index (χ0n) is 25.3. The molecule has 2 unspecified atom stereocenters. The van der Waals surface area contributed by atoms with Crippen LogP contribution in [0.25, 0.3) is 0 Å². The number of rotatable bonds is 12. The summed E-state index contributed by atoms with van der Waals surface area (Å²) in [4.78, 5) is 34.9. The van der Waals surface area contributed by atoms with Crippen molar-refractivity contribution < 1.29 is 60.0 Å². The second kappa shape index (κ2) is 16.8. The van der Waals surface area contributed by atoms with Crippen LogP contribution >= 0.6 is 0 Å². The number of halogens is 6. The highest BCUT2D eigenvalue weighted by molar-refractivity contribution is 5.87. The molecule has 0 spiro atoms. The summed E-state index contributed by atoms with van der Waals surface area (Å²) < 4.78 is 94.7. The highest BCUT2D eigenvalue weighted by Gasteiger charge is 2.62. The third kappa shape index (κ3) is 11.5. The topological polar surface area (TPSA) is 123 Å². The zero-order chi connectivity index (χ0) is 35.2. The molecular weight excluding hydrogens is 626 g/mol. The average Bonchev–Trinajstić information content (AvgIpc) is 2.95. The Morgan fingerprint density at radius 2 is 1.11 bits per heavy atom. The normalized spacial score (nSPS) is 14.3. The third-order valence-electron chi connectivity index (χ3n) is 5.82. The molecule has 15 heteroatoms. The number of aliphatic carboxylic acids is 1. The minimum Gasteiger partial charge on any atom is -0.479 e. The summed E-state index contributed by atoms with van der Waals surface area (Å²) in [6, 6.07) is 16.1. The second-order valence-corrected chi connectivity index (χ2v) is 10.6. The lowest BCUT2D eigenvalue weighted by Crippen LogP contribution is -2.61. The molecule has 2 aromatic rings. The van der Waals surface area contributed by atoms with Gasteiger partial charge in [0.1, 0.15) is 5.60 Å². The molecule has 254 valence electrons. The lowest BCUT2D eigenvalue weighted by molar-refractivity contribution is -0.277. The fourth-order valence-electron chi connectivity index (χ4n) is 3.55. The van der Waals surface area contributed by atoms with Gasteiger partial charge in [-0.3, -0.25) is 10.2 Å². The number of carbonyl (C=O) groups is 3. The monoisotopic (exact) mass is 662 g/mol. The van der Waals surface area contributed by atoms with Gasteiger partial charge < -0.3 is 19.3 Å². The first kappa shape index (κ1) is 39.7. The summed E-state index contributed by atoms with van der Waals surface area (Å²) in [5.41, 5.74) is -2.95. The van der Waals surface area contributed by atoms with E-state index < -0.39 is 73.2 Å². The van der Waals surface area contributed by atoms with Crippen molar-refractivity contribution in [2.45, 2.75) is 76.0 Å². The van der Waals surface area contributed by atoms with Crippen LogP contribution in [0.4, 0.5) is 31.1 Å². The van der Waals surface area contributed by atoms with Crippen LogP contribution in [0.3, 0.4) is 0 Å². The molecule has 0 aliphatic carbocycles. The average molecular weight is 663 g/mol. The Morgan fingerprint density at radius 3 is 1.46 bits per heavy atom. The molecule has 2 aromatic carbocycles. The van der Waals surface area contributed by atoms with Crippen molar-refractivity contribution in [3.8, 4) is 0 Å². The first-order valence-corrected chi connectivity index (χ1v) is 13.5. The van der Waals surface area contributed by atoms with Crippen LogP contribution in [0, 0.1) is 0 Å². The standard InChI is InChI=1S/C18H23F3N2O4.C13H13F3O3/c1-5-11-17(18(19,20)21,26-12-13-9-7-6-8-10-13)14(24)22-23-15(25)27-16(2,3)4;1-2-8-12(11(17)18,13(14,15)16)19-9-10-6-4-3-5-7-10/h5-10H,1,11-12H2,2-4H3,(H,22,24)(H,23,25);2-7H,1,8-9H2,(H,17,18). The fourth-order valence-corrected chi connectivity index (χ4v) is 3.55. The molecule has 3 N–H and O–H groups in total. The maximum absolute atomic E-state index is 13.7. The van der Waals surface area contributed by atoms with E-state index in [1.165, 1.54) is 0 Å². The molecule has 2 amide bonds. The number of hydrogen-bond acceptors (Lipinski definition) is 6. The third-order valence-corrected chi connectivity index (χ3v) is 5.82. The highest BCUT2D eigenvalue weighted by Crippen LogP contribution is 2.39. The smallest absolute Gasteiger partial charge is 0.428 e. The largest absolute Gasteiger partial charge is 0.479 e. The number of alkyl halides is 6. The van der Waals surface area contributed by atoms with Crippen LogP contribution < -0.4 is 10.9 Å². The SMILES string of the molecule is C=CCC(OCc1ccccc1)(C(=O)NNC(=O)OC(C)(C)C)C(F)(F)F.C=CCC(OCc1ccccc1)(C(=O)O)C(F)(F)F. The predicted octanol–water partition coefficient (Wildman–Crippen LogP) is 6.80. The quantitative estimate of drug-likeness (QED) is 0.130. The molecule has 0 bridgehead atoms. The van der Waals surface area contributed by atoms with Gasteiger partial charge in [0.2, 0.25) is 5.60 Å². The van der Waals surface area contributed by atoms with E-state index in [0.29, 0.717) is 11.1 Å². The van der Waals surface area contributed by atoms with E-state index in [0.717, 1.165) is 12.2 Å². The van der Waals surface area contributed by atoms with E-state index in [4.69, 9.17) is 14.6 Å². The highest BCUT2D eigenvalue weighted by atomic mass is 19.4. The number of ether oxygens (including phenoxy) is 3. The zero-order valence-corrected chi connectivity index (χ0v) is 25.3. The van der Waals surface area contributed by atoms with Crippen LogP contribution in [-0.2, 0) is 37.0 Å². The Morgan fingerprint density at radius 1 is 0.717 bits per heavy atom. The van der Waals surface area contributed by atoms with Gasteiger partial charge in [0.25, 0.3) is 11.5 Å². The van der Waals surface area contributed by atoms with Crippen LogP contribution in [-0.4, -0.2) is 52.2 Å². The number of benzene rings is 2. The van der Waals surface area contributed by atoms with Gasteiger partial charge >= 0.3 is 24.4 Å². The molecule has 0 fully saturated rings. The minimum atomic E-state index is -5.06. The van der Waals surface area contributed by atoms with E-state index in [1.54, 1.807) is 92.3 Å². The van der Waals surface area contributed by atoms with Crippen molar-refractivity contribution in [3.05, 3.63) is 97.1 Å². The summed E-state index contributed by atoms with van der Waals surface area (Å²) in [7, 11) is 0. The Kier molecular flexibility index (Phi) is 14.5. The Balaban J connectivity index is 0.000000489. The van der Waals surface area contributed by atoms with Crippen LogP contribution in [0.1, 0.15) is 44.7 Å². The van der Waals surface area contributed by atoms with Gasteiger partial charge in [-0.05, 0) is 31.9 Å². The molecule has 0 heterocycles. The number of hydrogen-bond donors (Lipinski definition) is 3. The minimum absolute atomic E-state index is 0.444.